The Morgan fingerprint density at radius 1 is 1.25 bits per heavy atom. The molecule has 0 bridgehead atoms. The molecule has 0 N–H and O–H groups in total. The molecule has 0 aromatic heterocycles. The van der Waals surface area contributed by atoms with Crippen LogP contribution >= 0.6 is 0 Å². The second kappa shape index (κ2) is 7.31. The van der Waals surface area contributed by atoms with Crippen molar-refractivity contribution >= 4 is 11.8 Å². The first-order valence-electron chi connectivity index (χ1n) is 8.77. The number of carbonyl (C=O) groups excluding carboxylic acids is 2. The molecule has 0 radical (unpaired) electrons. The molecule has 1 aliphatic heterocycles. The van der Waals surface area contributed by atoms with Gasteiger partial charge in [0, 0.05) is 25.0 Å². The molecule has 138 valence electrons. The first-order valence-corrected chi connectivity index (χ1v) is 8.77. The van der Waals surface area contributed by atoms with Crippen LogP contribution in [0.15, 0.2) is 0 Å². The van der Waals surface area contributed by atoms with Gasteiger partial charge in [-0.15, -0.1) is 0 Å². The molecule has 7 heteroatoms. The molecule has 2 atom stereocenters. The number of nitrogens with zero attached hydrogens (tertiary/aromatic N) is 2. The molecule has 1 heterocycles. The highest BCUT2D eigenvalue weighted by Crippen LogP contribution is 2.31. The summed E-state index contributed by atoms with van der Waals surface area (Å²) in [6.45, 7) is 4.25. The molecule has 4 nitrogen and oxygen atoms in total. The molecule has 1 saturated carbocycles. The average Bonchev–Trinajstić information content (AvgIpc) is 3.11. The smallest absolute Gasteiger partial charge is 0.339 e. The first kappa shape index (κ1) is 19.1. The third-order valence-corrected chi connectivity index (χ3v) is 5.36. The van der Waals surface area contributed by atoms with Gasteiger partial charge in [-0.2, -0.15) is 13.2 Å². The Morgan fingerprint density at radius 3 is 2.33 bits per heavy atom. The van der Waals surface area contributed by atoms with Crippen LogP contribution in [0, 0.1) is 11.8 Å². The highest BCUT2D eigenvalue weighted by Gasteiger charge is 2.43. The molecule has 24 heavy (non-hydrogen) atoms. The monoisotopic (exact) mass is 348 g/mol. The maximum atomic E-state index is 12.9. The SMILES string of the molecule is CC(C)[C@H](C)N(CC(F)(F)F)C(=O)[C@@H]1CC(=O)N(C2CCCC2)C1. The summed E-state index contributed by atoms with van der Waals surface area (Å²) in [5, 5.41) is 0. The minimum absolute atomic E-state index is 0.0362. The Hall–Kier alpha value is -1.27. The predicted octanol–water partition coefficient (Wildman–Crippen LogP) is 3.21. The van der Waals surface area contributed by atoms with E-state index in [1.54, 1.807) is 25.7 Å². The summed E-state index contributed by atoms with van der Waals surface area (Å²) in [4.78, 5) is 27.6. The summed E-state index contributed by atoms with van der Waals surface area (Å²) in [6.07, 6.45) is -0.404. The van der Waals surface area contributed by atoms with Crippen molar-refractivity contribution in [1.29, 1.82) is 0 Å². The normalized spacial score (nSPS) is 24.0. The second-order valence-corrected chi connectivity index (χ2v) is 7.45. The molecule has 2 rings (SSSR count). The molecule has 2 aliphatic rings. The van der Waals surface area contributed by atoms with E-state index in [0.29, 0.717) is 0 Å². The maximum Gasteiger partial charge on any atom is 0.406 e. The van der Waals surface area contributed by atoms with Crippen molar-refractivity contribution in [2.75, 3.05) is 13.1 Å². The van der Waals surface area contributed by atoms with Gasteiger partial charge in [-0.1, -0.05) is 26.7 Å². The molecule has 1 saturated heterocycles. The summed E-state index contributed by atoms with van der Waals surface area (Å²) in [7, 11) is 0. The Labute approximate surface area is 141 Å². The van der Waals surface area contributed by atoms with Crippen molar-refractivity contribution in [3.8, 4) is 0 Å². The maximum absolute atomic E-state index is 12.9. The van der Waals surface area contributed by atoms with Crippen LogP contribution in [0.4, 0.5) is 13.2 Å². The number of carbonyl (C=O) groups is 2. The van der Waals surface area contributed by atoms with E-state index in [9.17, 15) is 22.8 Å². The molecule has 0 aromatic carbocycles. The number of amides is 2. The largest absolute Gasteiger partial charge is 0.406 e. The van der Waals surface area contributed by atoms with Crippen molar-refractivity contribution < 1.29 is 22.8 Å². The number of hydrogen-bond donors (Lipinski definition) is 0. The van der Waals surface area contributed by atoms with E-state index < -0.39 is 30.6 Å². The molecule has 2 fully saturated rings. The summed E-state index contributed by atoms with van der Waals surface area (Å²) in [6, 6.07) is -0.358. The fraction of sp³-hybridized carbons (Fsp3) is 0.882. The van der Waals surface area contributed by atoms with Crippen LogP contribution in [0.25, 0.3) is 0 Å². The zero-order valence-electron chi connectivity index (χ0n) is 14.6. The third-order valence-electron chi connectivity index (χ3n) is 5.36. The van der Waals surface area contributed by atoms with Crippen LogP contribution in [0.1, 0.15) is 52.9 Å². The number of rotatable bonds is 5. The minimum atomic E-state index is -4.44. The van der Waals surface area contributed by atoms with Gasteiger partial charge in [0.1, 0.15) is 6.54 Å². The van der Waals surface area contributed by atoms with Gasteiger partial charge in [-0.05, 0) is 25.7 Å². The highest BCUT2D eigenvalue weighted by molar-refractivity contribution is 5.89. The van der Waals surface area contributed by atoms with E-state index >= 15 is 0 Å². The lowest BCUT2D eigenvalue weighted by Gasteiger charge is -2.34. The van der Waals surface area contributed by atoms with E-state index in [2.05, 4.69) is 0 Å². The van der Waals surface area contributed by atoms with Gasteiger partial charge >= 0.3 is 6.18 Å². The lowest BCUT2D eigenvalue weighted by molar-refractivity contribution is -0.169. The third kappa shape index (κ3) is 4.42. The highest BCUT2D eigenvalue weighted by atomic mass is 19.4. The van der Waals surface area contributed by atoms with Crippen molar-refractivity contribution in [3.63, 3.8) is 0 Å². The number of halogens is 3. The van der Waals surface area contributed by atoms with Crippen LogP contribution < -0.4 is 0 Å². The molecular weight excluding hydrogens is 321 g/mol. The zero-order valence-corrected chi connectivity index (χ0v) is 14.6. The van der Waals surface area contributed by atoms with Gasteiger partial charge in [0.25, 0.3) is 0 Å². The molecular formula is C17H27F3N2O2. The van der Waals surface area contributed by atoms with Gasteiger partial charge < -0.3 is 9.80 Å². The summed E-state index contributed by atoms with van der Waals surface area (Å²) >= 11 is 0. The van der Waals surface area contributed by atoms with Gasteiger partial charge in [0.05, 0.1) is 5.92 Å². The molecule has 2 amide bonds. The van der Waals surface area contributed by atoms with Crippen LogP contribution in [-0.2, 0) is 9.59 Å². The quantitative estimate of drug-likeness (QED) is 0.765. The van der Waals surface area contributed by atoms with Gasteiger partial charge in [0.2, 0.25) is 11.8 Å². The predicted molar refractivity (Wildman–Crippen MR) is 84.1 cm³/mol. The van der Waals surface area contributed by atoms with Crippen LogP contribution in [-0.4, -0.2) is 53.0 Å². The van der Waals surface area contributed by atoms with E-state index in [1.165, 1.54) is 0 Å². The van der Waals surface area contributed by atoms with E-state index in [4.69, 9.17) is 0 Å². The van der Waals surface area contributed by atoms with Gasteiger partial charge in [-0.25, -0.2) is 0 Å². The summed E-state index contributed by atoms with van der Waals surface area (Å²) < 4.78 is 38.7. The summed E-state index contributed by atoms with van der Waals surface area (Å²) in [5.74, 6) is -1.37. The lowest BCUT2D eigenvalue weighted by atomic mass is 10.0. The molecule has 0 unspecified atom stereocenters. The van der Waals surface area contributed by atoms with E-state index in [0.717, 1.165) is 30.6 Å². The molecule has 0 aromatic rings. The fourth-order valence-electron chi connectivity index (χ4n) is 3.68. The molecule has 0 spiro atoms. The Bertz CT molecular complexity index is 473. The van der Waals surface area contributed by atoms with Crippen LogP contribution in [0.5, 0.6) is 0 Å². The fourth-order valence-corrected chi connectivity index (χ4v) is 3.68. The summed E-state index contributed by atoms with van der Waals surface area (Å²) in [5.41, 5.74) is 0. The Morgan fingerprint density at radius 2 is 1.83 bits per heavy atom. The van der Waals surface area contributed by atoms with Crippen molar-refractivity contribution in [1.82, 2.24) is 9.80 Å². The first-order chi connectivity index (χ1) is 11.1. The molecule has 1 aliphatic carbocycles. The van der Waals surface area contributed by atoms with E-state index in [1.807, 2.05) is 0 Å². The van der Waals surface area contributed by atoms with E-state index in [-0.39, 0.29) is 30.8 Å². The second-order valence-electron chi connectivity index (χ2n) is 7.45. The van der Waals surface area contributed by atoms with Gasteiger partial charge in [-0.3, -0.25) is 9.59 Å². The Balaban J connectivity index is 2.09. The zero-order chi connectivity index (χ0) is 18.1. The van der Waals surface area contributed by atoms with Gasteiger partial charge in [0.15, 0.2) is 0 Å². The average molecular weight is 348 g/mol. The number of likely N-dealkylation sites (tertiary alicyclic amines) is 1. The minimum Gasteiger partial charge on any atom is -0.339 e. The topological polar surface area (TPSA) is 40.6 Å². The van der Waals surface area contributed by atoms with Crippen molar-refractivity contribution in [2.45, 2.75) is 71.1 Å². The Kier molecular flexibility index (Phi) is 5.81. The van der Waals surface area contributed by atoms with Crippen LogP contribution in [0.3, 0.4) is 0 Å². The van der Waals surface area contributed by atoms with Crippen molar-refractivity contribution in [3.05, 3.63) is 0 Å². The van der Waals surface area contributed by atoms with Crippen molar-refractivity contribution in [2.24, 2.45) is 11.8 Å². The number of alkyl halides is 3. The number of hydrogen-bond acceptors (Lipinski definition) is 2. The standard InChI is InChI=1S/C17H27F3N2O2/c1-11(2)12(3)22(10-17(18,19)20)16(24)13-8-15(23)21(9-13)14-6-4-5-7-14/h11-14H,4-10H2,1-3H3/t12-,13+/m0/s1. The van der Waals surface area contributed by atoms with Crippen LogP contribution in [0.2, 0.25) is 0 Å². The lowest BCUT2D eigenvalue weighted by Crippen LogP contribution is -2.49.